The molecule has 2 aromatic heterocycles. The number of nitrogens with zero attached hydrogens (tertiary/aromatic N) is 7. The molecule has 0 atom stereocenters. The van der Waals surface area contributed by atoms with Crippen LogP contribution in [-0.2, 0) is 29.6 Å². The second kappa shape index (κ2) is 19.3. The van der Waals surface area contributed by atoms with Crippen molar-refractivity contribution in [3.05, 3.63) is 47.5 Å². The summed E-state index contributed by atoms with van der Waals surface area (Å²) >= 11 is 0.584. The SMILES string of the molecule is COc1nc(NCCS(=O)(=O)O)nc(Nc2ccc(/C=C/c3ccc(Nc4nc(OC)nc(N(CCO)CCO)n4)cc3S(=O)(=O)O)c(SOOO)c2)n1. The standard InChI is InChI=1S/C28H34N10O13S3/c1-48-27-34-23(29-9-14-53(42,43)44)32-24(35-27)30-19-7-5-17(21(15-19)52-51-50-41)3-4-18-6-8-20(16-22(18)54(45,46)47)31-25-33-26(37-28(36-25)49-2)38(10-12-39)11-13-40/h3-8,15-16,39-41H,9-14H2,1-2H3,(H,42,43,44)(H,45,46,47)(H,31,33,36,37)(H2,29,30,32,34,35)/b4-3+. The zero-order chi connectivity index (χ0) is 39.3. The van der Waals surface area contributed by atoms with Crippen molar-refractivity contribution in [2.24, 2.45) is 0 Å². The fourth-order valence-corrected chi connectivity index (χ4v) is 5.93. The number of methoxy groups -OCH3 is 2. The second-order valence-corrected chi connectivity index (χ2v) is 14.1. The zero-order valence-corrected chi connectivity index (χ0v) is 30.7. The smallest absolute Gasteiger partial charge is 0.322 e. The summed E-state index contributed by atoms with van der Waals surface area (Å²) in [5, 5.41) is 39.7. The molecule has 0 aliphatic carbocycles. The summed E-state index contributed by atoms with van der Waals surface area (Å²) in [5.41, 5.74) is 1.02. The summed E-state index contributed by atoms with van der Waals surface area (Å²) in [6.07, 6.45) is 2.89. The Bertz CT molecular complexity index is 2140. The summed E-state index contributed by atoms with van der Waals surface area (Å²) < 4.78 is 81.0. The monoisotopic (exact) mass is 814 g/mol. The fraction of sp³-hybridized carbons (Fsp3) is 0.286. The van der Waals surface area contributed by atoms with Crippen LogP contribution in [0.4, 0.5) is 35.2 Å². The molecule has 0 aliphatic rings. The van der Waals surface area contributed by atoms with Crippen LogP contribution in [0.2, 0.25) is 0 Å². The van der Waals surface area contributed by atoms with E-state index in [9.17, 15) is 31.6 Å². The molecule has 0 aliphatic heterocycles. The van der Waals surface area contributed by atoms with Gasteiger partial charge in [-0.05, 0) is 35.4 Å². The predicted octanol–water partition coefficient (Wildman–Crippen LogP) is 1.50. The molecule has 0 saturated carbocycles. The Balaban J connectivity index is 1.61. The number of nitrogens with one attached hydrogen (secondary N) is 3. The van der Waals surface area contributed by atoms with E-state index in [-0.39, 0.29) is 79.9 Å². The highest BCUT2D eigenvalue weighted by Gasteiger charge is 2.18. The first kappa shape index (κ1) is 41.7. The van der Waals surface area contributed by atoms with Gasteiger partial charge in [0.05, 0.1) is 45.2 Å². The van der Waals surface area contributed by atoms with Crippen LogP contribution in [0.3, 0.4) is 0 Å². The van der Waals surface area contributed by atoms with Gasteiger partial charge in [-0.25, -0.2) is 5.26 Å². The lowest BCUT2D eigenvalue weighted by atomic mass is 10.1. The molecule has 2 heterocycles. The van der Waals surface area contributed by atoms with Gasteiger partial charge in [-0.1, -0.05) is 29.3 Å². The molecule has 0 radical (unpaired) electrons. The Labute approximate surface area is 312 Å². The molecule has 292 valence electrons. The zero-order valence-electron chi connectivity index (χ0n) is 28.2. The van der Waals surface area contributed by atoms with Crippen molar-refractivity contribution in [2.45, 2.75) is 9.79 Å². The lowest BCUT2D eigenvalue weighted by Crippen LogP contribution is -2.31. The van der Waals surface area contributed by atoms with Crippen LogP contribution < -0.4 is 30.3 Å². The van der Waals surface area contributed by atoms with Crippen LogP contribution in [0.5, 0.6) is 12.0 Å². The number of benzene rings is 2. The second-order valence-electron chi connectivity index (χ2n) is 10.4. The number of aromatic nitrogens is 6. The van der Waals surface area contributed by atoms with Crippen molar-refractivity contribution in [2.75, 3.05) is 73.7 Å². The largest absolute Gasteiger partial charge is 0.467 e. The van der Waals surface area contributed by atoms with Crippen LogP contribution in [0, 0.1) is 0 Å². The highest BCUT2D eigenvalue weighted by atomic mass is 32.2. The van der Waals surface area contributed by atoms with E-state index in [1.807, 2.05) is 0 Å². The minimum absolute atomic E-state index is 0.0271. The van der Waals surface area contributed by atoms with Gasteiger partial charge >= 0.3 is 12.0 Å². The molecule has 0 saturated heterocycles. The van der Waals surface area contributed by atoms with Gasteiger partial charge < -0.3 is 40.5 Å². The number of hydrogen-bond acceptors (Lipinski definition) is 22. The molecule has 0 unspecified atom stereocenters. The third kappa shape index (κ3) is 12.5. The van der Waals surface area contributed by atoms with Crippen molar-refractivity contribution in [1.29, 1.82) is 0 Å². The van der Waals surface area contributed by atoms with Gasteiger partial charge in [0.2, 0.25) is 23.8 Å². The number of ether oxygens (including phenoxy) is 2. The Hall–Kier alpha value is -5.03. The molecule has 0 amide bonds. The molecule has 23 nitrogen and oxygen atoms in total. The molecule has 0 fully saturated rings. The molecule has 54 heavy (non-hydrogen) atoms. The van der Waals surface area contributed by atoms with E-state index in [0.29, 0.717) is 28.2 Å². The van der Waals surface area contributed by atoms with Gasteiger partial charge in [0.1, 0.15) is 4.90 Å². The lowest BCUT2D eigenvalue weighted by molar-refractivity contribution is -0.432. The van der Waals surface area contributed by atoms with Crippen LogP contribution in [0.15, 0.2) is 46.2 Å². The molecule has 2 aromatic carbocycles. The average molecular weight is 815 g/mol. The molecular weight excluding hydrogens is 781 g/mol. The molecule has 26 heteroatoms. The summed E-state index contributed by atoms with van der Waals surface area (Å²) in [6, 6.07) is 8.50. The molecule has 4 rings (SSSR count). The third-order valence-corrected chi connectivity index (χ3v) is 8.95. The highest BCUT2D eigenvalue weighted by molar-refractivity contribution is 7.94. The first-order chi connectivity index (χ1) is 25.7. The van der Waals surface area contributed by atoms with Crippen molar-refractivity contribution in [1.82, 2.24) is 29.9 Å². The fourth-order valence-electron chi connectivity index (χ4n) is 4.35. The van der Waals surface area contributed by atoms with E-state index in [0.717, 1.165) is 6.07 Å². The number of anilines is 6. The predicted molar refractivity (Wildman–Crippen MR) is 193 cm³/mol. The van der Waals surface area contributed by atoms with Crippen molar-refractivity contribution < 1.29 is 60.3 Å². The molecule has 0 bridgehead atoms. The van der Waals surface area contributed by atoms with Gasteiger partial charge in [-0.2, -0.15) is 46.7 Å². The van der Waals surface area contributed by atoms with Gasteiger partial charge in [-0.15, -0.1) is 4.33 Å². The summed E-state index contributed by atoms with van der Waals surface area (Å²) in [5.74, 6) is -0.689. The van der Waals surface area contributed by atoms with Gasteiger partial charge in [0, 0.05) is 35.9 Å². The quantitative estimate of drug-likeness (QED) is 0.0194. The number of rotatable bonds is 21. The Morgan fingerprint density at radius 2 is 1.35 bits per heavy atom. The normalized spacial score (nSPS) is 11.8. The van der Waals surface area contributed by atoms with Gasteiger partial charge in [-0.3, -0.25) is 9.11 Å². The van der Waals surface area contributed by atoms with Crippen LogP contribution in [0.25, 0.3) is 12.2 Å². The van der Waals surface area contributed by atoms with Crippen LogP contribution in [0.1, 0.15) is 11.1 Å². The topological polar surface area (TPSA) is 323 Å². The number of aliphatic hydroxyl groups is 2. The summed E-state index contributed by atoms with van der Waals surface area (Å²) in [7, 11) is -6.40. The average Bonchev–Trinajstić information content (AvgIpc) is 3.12. The maximum Gasteiger partial charge on any atom is 0.322 e. The van der Waals surface area contributed by atoms with Crippen molar-refractivity contribution in [3.8, 4) is 12.0 Å². The first-order valence-electron chi connectivity index (χ1n) is 15.1. The Morgan fingerprint density at radius 3 is 1.94 bits per heavy atom. The molecule has 8 N–H and O–H groups in total. The van der Waals surface area contributed by atoms with E-state index in [4.69, 9.17) is 19.3 Å². The van der Waals surface area contributed by atoms with E-state index >= 15 is 0 Å². The highest BCUT2D eigenvalue weighted by Crippen LogP contribution is 2.31. The van der Waals surface area contributed by atoms with Crippen molar-refractivity contribution >= 4 is 79.6 Å². The van der Waals surface area contributed by atoms with Crippen molar-refractivity contribution in [3.63, 3.8) is 0 Å². The molecule has 4 aromatic rings. The number of hydrogen-bond donors (Lipinski definition) is 8. The molecular formula is C28H34N10O13S3. The minimum atomic E-state index is -4.79. The van der Waals surface area contributed by atoms with E-state index in [2.05, 4.69) is 55.2 Å². The summed E-state index contributed by atoms with van der Waals surface area (Å²) in [4.78, 5) is 26.0. The Kier molecular flexibility index (Phi) is 14.9. The van der Waals surface area contributed by atoms with Gasteiger partial charge in [0.25, 0.3) is 20.2 Å². The van der Waals surface area contributed by atoms with E-state index < -0.39 is 30.9 Å². The number of aliphatic hydroxyl groups excluding tert-OH is 2. The Morgan fingerprint density at radius 1 is 0.778 bits per heavy atom. The lowest BCUT2D eigenvalue weighted by Gasteiger charge is -2.21. The van der Waals surface area contributed by atoms with Gasteiger partial charge in [0.15, 0.2) is 0 Å². The van der Waals surface area contributed by atoms with E-state index in [1.165, 1.54) is 49.5 Å². The maximum absolute atomic E-state index is 12.5. The van der Waals surface area contributed by atoms with E-state index in [1.54, 1.807) is 12.1 Å². The van der Waals surface area contributed by atoms with Crippen LogP contribution in [-0.4, -0.2) is 124 Å². The maximum atomic E-state index is 12.5. The van der Waals surface area contributed by atoms with Crippen LogP contribution >= 0.6 is 12.0 Å². The first-order valence-corrected chi connectivity index (χ1v) is 18.9. The minimum Gasteiger partial charge on any atom is -0.467 e. The molecule has 0 spiro atoms. The third-order valence-electron chi connectivity index (χ3n) is 6.66. The summed E-state index contributed by atoms with van der Waals surface area (Å²) in [6.45, 7) is -0.536.